The van der Waals surface area contributed by atoms with Crippen molar-refractivity contribution < 1.29 is 28.6 Å². The van der Waals surface area contributed by atoms with E-state index >= 15 is 0 Å². The second-order valence-corrected chi connectivity index (χ2v) is 7.19. The predicted octanol–water partition coefficient (Wildman–Crippen LogP) is 2.31. The Morgan fingerprint density at radius 1 is 1.52 bits per heavy atom. The van der Waals surface area contributed by atoms with Crippen LogP contribution >= 0.6 is 0 Å². The lowest BCUT2D eigenvalue weighted by Gasteiger charge is -2.42. The summed E-state index contributed by atoms with van der Waals surface area (Å²) in [6.07, 6.45) is 6.11. The van der Waals surface area contributed by atoms with Crippen LogP contribution in [0, 0.1) is 23.2 Å². The van der Waals surface area contributed by atoms with Crippen LogP contribution < -0.4 is 0 Å². The van der Waals surface area contributed by atoms with E-state index in [0.29, 0.717) is 18.4 Å². The highest BCUT2D eigenvalue weighted by Gasteiger charge is 2.54. The maximum Gasteiger partial charge on any atom is 0.334 e. The molecular weight excluding hydrogens is 324 g/mol. The first kappa shape index (κ1) is 17.5. The van der Waals surface area contributed by atoms with Crippen molar-refractivity contribution in [3.63, 3.8) is 0 Å². The third kappa shape index (κ3) is 3.01. The minimum absolute atomic E-state index is 0.0532. The molecule has 0 bridgehead atoms. The highest BCUT2D eigenvalue weighted by atomic mass is 16.6. The molecule has 0 spiro atoms. The Morgan fingerprint density at radius 2 is 2.28 bits per heavy atom. The Hall–Kier alpha value is -2.37. The Morgan fingerprint density at radius 3 is 2.96 bits per heavy atom. The van der Waals surface area contributed by atoms with Crippen molar-refractivity contribution in [1.82, 2.24) is 0 Å². The van der Waals surface area contributed by atoms with Gasteiger partial charge in [0.15, 0.2) is 0 Å². The molecule has 1 saturated heterocycles. The first-order valence-corrected chi connectivity index (χ1v) is 8.43. The third-order valence-electron chi connectivity index (χ3n) is 5.31. The number of rotatable bonds is 4. The van der Waals surface area contributed by atoms with E-state index in [-0.39, 0.29) is 36.4 Å². The van der Waals surface area contributed by atoms with Gasteiger partial charge >= 0.3 is 11.9 Å². The lowest BCUT2D eigenvalue weighted by Crippen LogP contribution is -2.44. The van der Waals surface area contributed by atoms with E-state index in [1.54, 1.807) is 19.9 Å². The summed E-state index contributed by atoms with van der Waals surface area (Å²) in [5.41, 5.74) is 0.312. The van der Waals surface area contributed by atoms with Crippen molar-refractivity contribution in [3.8, 4) is 0 Å². The van der Waals surface area contributed by atoms with Gasteiger partial charge in [0.05, 0.1) is 23.9 Å². The monoisotopic (exact) mass is 346 g/mol. The number of esters is 2. The molecule has 2 fully saturated rings. The molecule has 0 amide bonds. The molecule has 2 aliphatic heterocycles. The molecule has 6 nitrogen and oxygen atoms in total. The van der Waals surface area contributed by atoms with E-state index < -0.39 is 11.4 Å². The summed E-state index contributed by atoms with van der Waals surface area (Å²) in [5, 5.41) is 0. The Balaban J connectivity index is 1.87. The SMILES string of the molecule is C=C1C(=O)O[C@H]2C[C@]3(C=O)C=COC=C(COC(=O)C(C)C)[C@@H]3C[C@H]12. The number of carbonyl (C=O) groups excluding carboxylic acids is 3. The van der Waals surface area contributed by atoms with Gasteiger partial charge in [-0.2, -0.15) is 0 Å². The summed E-state index contributed by atoms with van der Waals surface area (Å²) in [6.45, 7) is 7.40. The maximum atomic E-state index is 12.0. The number of carbonyl (C=O) groups is 3. The highest BCUT2D eigenvalue weighted by molar-refractivity contribution is 5.91. The zero-order valence-electron chi connectivity index (χ0n) is 14.4. The van der Waals surface area contributed by atoms with Gasteiger partial charge in [-0.3, -0.25) is 4.79 Å². The topological polar surface area (TPSA) is 78.9 Å². The average Bonchev–Trinajstić information content (AvgIpc) is 2.76. The van der Waals surface area contributed by atoms with Crippen molar-refractivity contribution in [2.24, 2.45) is 23.2 Å². The molecule has 1 saturated carbocycles. The molecule has 0 aromatic rings. The third-order valence-corrected chi connectivity index (χ3v) is 5.31. The van der Waals surface area contributed by atoms with Gasteiger partial charge in [0.2, 0.25) is 0 Å². The van der Waals surface area contributed by atoms with E-state index in [9.17, 15) is 14.4 Å². The second-order valence-electron chi connectivity index (χ2n) is 7.19. The van der Waals surface area contributed by atoms with Crippen LogP contribution in [0.15, 0.2) is 36.3 Å². The smallest absolute Gasteiger partial charge is 0.334 e. The molecule has 25 heavy (non-hydrogen) atoms. The molecule has 134 valence electrons. The summed E-state index contributed by atoms with van der Waals surface area (Å²) >= 11 is 0. The van der Waals surface area contributed by atoms with Crippen molar-refractivity contribution >= 4 is 18.2 Å². The van der Waals surface area contributed by atoms with Crippen LogP contribution in [0.25, 0.3) is 0 Å². The van der Waals surface area contributed by atoms with Crippen LogP contribution in [0.1, 0.15) is 26.7 Å². The van der Waals surface area contributed by atoms with E-state index in [0.717, 1.165) is 11.9 Å². The van der Waals surface area contributed by atoms with Gasteiger partial charge in [-0.15, -0.1) is 0 Å². The van der Waals surface area contributed by atoms with Gasteiger partial charge < -0.3 is 19.0 Å². The average molecular weight is 346 g/mol. The first-order valence-electron chi connectivity index (χ1n) is 8.43. The van der Waals surface area contributed by atoms with E-state index in [2.05, 4.69) is 6.58 Å². The molecule has 0 N–H and O–H groups in total. The fraction of sp³-hybridized carbons (Fsp3) is 0.526. The van der Waals surface area contributed by atoms with E-state index in [1.807, 2.05) is 0 Å². The Labute approximate surface area is 146 Å². The molecule has 0 unspecified atom stereocenters. The van der Waals surface area contributed by atoms with Crippen LogP contribution in [-0.2, 0) is 28.6 Å². The minimum Gasteiger partial charge on any atom is -0.473 e. The van der Waals surface area contributed by atoms with Crippen molar-refractivity contribution in [3.05, 3.63) is 36.3 Å². The van der Waals surface area contributed by atoms with Crippen LogP contribution in [-0.4, -0.2) is 30.9 Å². The van der Waals surface area contributed by atoms with Crippen molar-refractivity contribution in [1.29, 1.82) is 0 Å². The predicted molar refractivity (Wildman–Crippen MR) is 87.8 cm³/mol. The molecule has 3 aliphatic rings. The number of hydrogen-bond donors (Lipinski definition) is 0. The number of fused-ring (bicyclic) bond motifs is 2. The van der Waals surface area contributed by atoms with Crippen LogP contribution in [0.2, 0.25) is 0 Å². The van der Waals surface area contributed by atoms with Gasteiger partial charge in [0.25, 0.3) is 0 Å². The minimum atomic E-state index is -0.849. The van der Waals surface area contributed by atoms with Gasteiger partial charge in [-0.1, -0.05) is 20.4 Å². The number of allylic oxidation sites excluding steroid dienone is 1. The molecule has 1 aliphatic carbocycles. The summed E-state index contributed by atoms with van der Waals surface area (Å²) in [6, 6.07) is 0. The maximum absolute atomic E-state index is 12.0. The fourth-order valence-corrected chi connectivity index (χ4v) is 3.79. The van der Waals surface area contributed by atoms with Crippen molar-refractivity contribution in [2.45, 2.75) is 32.8 Å². The zero-order valence-corrected chi connectivity index (χ0v) is 14.4. The van der Waals surface area contributed by atoms with Crippen LogP contribution in [0.5, 0.6) is 0 Å². The van der Waals surface area contributed by atoms with Crippen LogP contribution in [0.4, 0.5) is 0 Å². The molecular formula is C19H22O6. The molecule has 3 rings (SSSR count). The van der Waals surface area contributed by atoms with Crippen molar-refractivity contribution in [2.75, 3.05) is 6.61 Å². The summed E-state index contributed by atoms with van der Waals surface area (Å²) in [5.74, 6) is -1.33. The quantitative estimate of drug-likeness (QED) is 0.441. The first-order chi connectivity index (χ1) is 11.9. The Kier molecular flexibility index (Phi) is 4.54. The van der Waals surface area contributed by atoms with E-state index in [1.165, 1.54) is 12.5 Å². The molecule has 0 aromatic heterocycles. The standard InChI is InChI=1S/C19H22O6/c1-11(2)17(21)24-9-13-8-23-5-4-19(10-20)7-16-14(6-15(13)19)12(3)18(22)25-16/h4-5,8,10-11,14-16H,3,6-7,9H2,1-2H3/t14-,15+,16+,19+/m1/s1. The summed E-state index contributed by atoms with van der Waals surface area (Å²) < 4.78 is 16.1. The molecule has 2 heterocycles. The normalized spacial score (nSPS) is 33.6. The van der Waals surface area contributed by atoms with Gasteiger partial charge in [-0.05, 0) is 12.5 Å². The summed E-state index contributed by atoms with van der Waals surface area (Å²) in [7, 11) is 0. The lowest BCUT2D eigenvalue weighted by atomic mass is 9.60. The van der Waals surface area contributed by atoms with Crippen LogP contribution in [0.3, 0.4) is 0 Å². The van der Waals surface area contributed by atoms with Gasteiger partial charge in [0, 0.05) is 29.4 Å². The van der Waals surface area contributed by atoms with Gasteiger partial charge in [0.1, 0.15) is 19.0 Å². The lowest BCUT2D eigenvalue weighted by molar-refractivity contribution is -0.147. The fourth-order valence-electron chi connectivity index (χ4n) is 3.79. The molecule has 4 atom stereocenters. The Bertz CT molecular complexity index is 673. The van der Waals surface area contributed by atoms with Gasteiger partial charge in [-0.25, -0.2) is 4.79 Å². The number of hydrogen-bond acceptors (Lipinski definition) is 6. The zero-order chi connectivity index (χ0) is 18.2. The number of ether oxygens (including phenoxy) is 3. The van der Waals surface area contributed by atoms with E-state index in [4.69, 9.17) is 14.2 Å². The molecule has 6 heteroatoms. The summed E-state index contributed by atoms with van der Waals surface area (Å²) in [4.78, 5) is 35.7. The second kappa shape index (κ2) is 6.50. The highest BCUT2D eigenvalue weighted by Crippen LogP contribution is 2.52. The molecule has 0 radical (unpaired) electrons. The molecule has 0 aromatic carbocycles. The largest absolute Gasteiger partial charge is 0.473 e. The number of aldehydes is 1.